The van der Waals surface area contributed by atoms with Gasteiger partial charge in [0.2, 0.25) is 0 Å². The fraction of sp³-hybridized carbons (Fsp3) is 0.0833. The second-order valence-corrected chi connectivity index (χ2v) is 6.87. The van der Waals surface area contributed by atoms with Crippen LogP contribution in [0.5, 0.6) is 5.75 Å². The topological polar surface area (TPSA) is 56.1 Å². The van der Waals surface area contributed by atoms with Gasteiger partial charge in [-0.2, -0.15) is 13.9 Å². The standard InChI is InChI=1S/C24H19F2N3O2/c1-16-12-13-21(31-24(25)26)20(14-16)27-23(30)19-15-29(18-10-6-3-7-11-18)28-22(19)17-8-4-2-5-9-17/h2-15,24H,1H3,(H,27,30). The van der Waals surface area contributed by atoms with Crippen molar-refractivity contribution in [3.63, 3.8) is 0 Å². The summed E-state index contributed by atoms with van der Waals surface area (Å²) < 4.78 is 31.8. The third kappa shape index (κ3) is 4.61. The van der Waals surface area contributed by atoms with Gasteiger partial charge in [-0.05, 0) is 36.8 Å². The van der Waals surface area contributed by atoms with Crippen LogP contribution in [0, 0.1) is 6.92 Å². The van der Waals surface area contributed by atoms with Gasteiger partial charge in [0.25, 0.3) is 5.91 Å². The predicted molar refractivity (Wildman–Crippen MR) is 115 cm³/mol. The van der Waals surface area contributed by atoms with Gasteiger partial charge in [0.1, 0.15) is 11.4 Å². The minimum absolute atomic E-state index is 0.106. The largest absolute Gasteiger partial charge is 0.433 e. The van der Waals surface area contributed by atoms with Crippen LogP contribution in [0.15, 0.2) is 85.1 Å². The van der Waals surface area contributed by atoms with E-state index in [0.29, 0.717) is 11.3 Å². The number of alkyl halides is 2. The van der Waals surface area contributed by atoms with Crippen LogP contribution in [0.25, 0.3) is 16.9 Å². The maximum atomic E-state index is 13.2. The minimum Gasteiger partial charge on any atom is -0.433 e. The highest BCUT2D eigenvalue weighted by Gasteiger charge is 2.20. The fourth-order valence-corrected chi connectivity index (χ4v) is 3.19. The molecule has 0 radical (unpaired) electrons. The lowest BCUT2D eigenvalue weighted by atomic mass is 10.1. The van der Waals surface area contributed by atoms with Crippen LogP contribution in [0.2, 0.25) is 0 Å². The van der Waals surface area contributed by atoms with E-state index in [2.05, 4.69) is 15.2 Å². The highest BCUT2D eigenvalue weighted by molar-refractivity contribution is 6.08. The van der Waals surface area contributed by atoms with Gasteiger partial charge in [0, 0.05) is 11.8 Å². The molecule has 0 fully saturated rings. The van der Waals surface area contributed by atoms with Crippen LogP contribution in [0.4, 0.5) is 14.5 Å². The third-order valence-corrected chi connectivity index (χ3v) is 4.63. The number of aromatic nitrogens is 2. The normalized spacial score (nSPS) is 10.8. The van der Waals surface area contributed by atoms with Crippen molar-refractivity contribution >= 4 is 11.6 Å². The highest BCUT2D eigenvalue weighted by atomic mass is 19.3. The zero-order valence-electron chi connectivity index (χ0n) is 16.6. The Morgan fingerprint density at radius 3 is 2.35 bits per heavy atom. The van der Waals surface area contributed by atoms with E-state index < -0.39 is 12.5 Å². The number of benzene rings is 3. The molecular formula is C24H19F2N3O2. The second-order valence-electron chi connectivity index (χ2n) is 6.87. The zero-order chi connectivity index (χ0) is 21.8. The molecule has 1 amide bonds. The van der Waals surface area contributed by atoms with Crippen molar-refractivity contribution < 1.29 is 18.3 Å². The molecule has 0 atom stereocenters. The Kier molecular flexibility index (Phi) is 5.75. The van der Waals surface area contributed by atoms with Gasteiger partial charge in [-0.1, -0.05) is 54.6 Å². The molecule has 0 aliphatic rings. The number of hydrogen-bond donors (Lipinski definition) is 1. The summed E-state index contributed by atoms with van der Waals surface area (Å²) >= 11 is 0. The number of aryl methyl sites for hydroxylation is 1. The summed E-state index contributed by atoms with van der Waals surface area (Å²) in [7, 11) is 0. The van der Waals surface area contributed by atoms with E-state index in [1.54, 1.807) is 29.9 Å². The number of amides is 1. The molecule has 0 unspecified atom stereocenters. The van der Waals surface area contributed by atoms with Gasteiger partial charge in [0.05, 0.1) is 16.9 Å². The maximum Gasteiger partial charge on any atom is 0.387 e. The van der Waals surface area contributed by atoms with Gasteiger partial charge < -0.3 is 10.1 Å². The van der Waals surface area contributed by atoms with Crippen LogP contribution in [0.3, 0.4) is 0 Å². The van der Waals surface area contributed by atoms with Crippen molar-refractivity contribution in [2.45, 2.75) is 13.5 Å². The number of nitrogens with one attached hydrogen (secondary N) is 1. The van der Waals surface area contributed by atoms with E-state index in [0.717, 1.165) is 16.8 Å². The van der Waals surface area contributed by atoms with Crippen LogP contribution in [0.1, 0.15) is 15.9 Å². The zero-order valence-corrected chi connectivity index (χ0v) is 16.6. The molecule has 0 aliphatic heterocycles. The van der Waals surface area contributed by atoms with Crippen LogP contribution in [-0.2, 0) is 0 Å². The molecule has 1 N–H and O–H groups in total. The first-order chi connectivity index (χ1) is 15.0. The second kappa shape index (κ2) is 8.79. The molecule has 31 heavy (non-hydrogen) atoms. The van der Waals surface area contributed by atoms with Crippen molar-refractivity contribution in [2.75, 3.05) is 5.32 Å². The smallest absolute Gasteiger partial charge is 0.387 e. The summed E-state index contributed by atoms with van der Waals surface area (Å²) in [6, 6.07) is 23.3. The highest BCUT2D eigenvalue weighted by Crippen LogP contribution is 2.30. The van der Waals surface area contributed by atoms with E-state index in [-0.39, 0.29) is 11.4 Å². The summed E-state index contributed by atoms with van der Waals surface area (Å²) in [6.07, 6.45) is 1.62. The molecule has 0 bridgehead atoms. The van der Waals surface area contributed by atoms with Crippen molar-refractivity contribution in [3.8, 4) is 22.7 Å². The van der Waals surface area contributed by atoms with Gasteiger partial charge in [0.15, 0.2) is 0 Å². The number of rotatable bonds is 6. The van der Waals surface area contributed by atoms with Gasteiger partial charge in [-0.3, -0.25) is 4.79 Å². The number of carbonyl (C=O) groups excluding carboxylic acids is 1. The molecule has 5 nitrogen and oxygen atoms in total. The molecule has 4 aromatic rings. The molecule has 7 heteroatoms. The van der Waals surface area contributed by atoms with E-state index in [4.69, 9.17) is 0 Å². The molecular weight excluding hydrogens is 400 g/mol. The Balaban J connectivity index is 1.74. The summed E-state index contributed by atoms with van der Waals surface area (Å²) in [5, 5.41) is 7.30. The fourth-order valence-electron chi connectivity index (χ4n) is 3.19. The van der Waals surface area contributed by atoms with Crippen molar-refractivity contribution in [3.05, 3.63) is 96.2 Å². The summed E-state index contributed by atoms with van der Waals surface area (Å²) in [5.41, 5.74) is 3.29. The summed E-state index contributed by atoms with van der Waals surface area (Å²) in [5.74, 6) is -0.587. The SMILES string of the molecule is Cc1ccc(OC(F)F)c(NC(=O)c2cn(-c3ccccc3)nc2-c2ccccc2)c1. The Labute approximate surface area is 177 Å². The predicted octanol–water partition coefficient (Wildman–Crippen LogP) is 5.70. The Hall–Kier alpha value is -4.00. The third-order valence-electron chi connectivity index (χ3n) is 4.63. The molecule has 1 heterocycles. The lowest BCUT2D eigenvalue weighted by Crippen LogP contribution is -2.14. The van der Waals surface area contributed by atoms with E-state index in [1.165, 1.54) is 6.07 Å². The molecule has 3 aromatic carbocycles. The van der Waals surface area contributed by atoms with Crippen LogP contribution < -0.4 is 10.1 Å². The molecule has 0 saturated heterocycles. The van der Waals surface area contributed by atoms with Crippen LogP contribution in [-0.4, -0.2) is 22.3 Å². The lowest BCUT2D eigenvalue weighted by Gasteiger charge is -2.12. The molecule has 0 aliphatic carbocycles. The van der Waals surface area contributed by atoms with Gasteiger partial charge in [-0.15, -0.1) is 0 Å². The Bertz CT molecular complexity index is 1190. The average molecular weight is 419 g/mol. The number of halogens is 2. The Morgan fingerprint density at radius 1 is 1.00 bits per heavy atom. The monoisotopic (exact) mass is 419 g/mol. The quantitative estimate of drug-likeness (QED) is 0.436. The molecule has 0 spiro atoms. The van der Waals surface area contributed by atoms with E-state index in [1.807, 2.05) is 60.7 Å². The van der Waals surface area contributed by atoms with Crippen LogP contribution >= 0.6 is 0 Å². The first kappa shape index (κ1) is 20.3. The van der Waals surface area contributed by atoms with Gasteiger partial charge in [-0.25, -0.2) is 4.68 Å². The van der Waals surface area contributed by atoms with Crippen molar-refractivity contribution in [2.24, 2.45) is 0 Å². The van der Waals surface area contributed by atoms with Gasteiger partial charge >= 0.3 is 6.61 Å². The number of carbonyl (C=O) groups is 1. The molecule has 156 valence electrons. The van der Waals surface area contributed by atoms with Crippen molar-refractivity contribution in [1.82, 2.24) is 9.78 Å². The number of hydrogen-bond acceptors (Lipinski definition) is 3. The first-order valence-electron chi connectivity index (χ1n) is 9.58. The molecule has 1 aromatic heterocycles. The summed E-state index contributed by atoms with van der Waals surface area (Å²) in [4.78, 5) is 13.2. The van der Waals surface area contributed by atoms with E-state index >= 15 is 0 Å². The number of anilines is 1. The van der Waals surface area contributed by atoms with E-state index in [9.17, 15) is 13.6 Å². The number of nitrogens with zero attached hydrogens (tertiary/aromatic N) is 2. The lowest BCUT2D eigenvalue weighted by molar-refractivity contribution is -0.0493. The number of para-hydroxylation sites is 1. The maximum absolute atomic E-state index is 13.2. The molecule has 4 rings (SSSR count). The number of ether oxygens (including phenoxy) is 1. The Morgan fingerprint density at radius 2 is 1.68 bits per heavy atom. The first-order valence-corrected chi connectivity index (χ1v) is 9.58. The molecule has 0 saturated carbocycles. The van der Waals surface area contributed by atoms with Crippen molar-refractivity contribution in [1.29, 1.82) is 0 Å². The average Bonchev–Trinajstić information content (AvgIpc) is 3.22. The summed E-state index contributed by atoms with van der Waals surface area (Å²) in [6.45, 7) is -1.20. The minimum atomic E-state index is -3.00.